The maximum absolute atomic E-state index is 11.5. The fraction of sp³-hybridized carbons (Fsp3) is 0.893. The van der Waals surface area contributed by atoms with Crippen molar-refractivity contribution >= 4 is 5.97 Å². The molecule has 4 rings (SSSR count). The van der Waals surface area contributed by atoms with Crippen molar-refractivity contribution in [1.82, 2.24) is 0 Å². The number of ether oxygens (including phenoxy) is 1. The Morgan fingerprint density at radius 2 is 1.94 bits per heavy atom. The quantitative estimate of drug-likeness (QED) is 0.391. The summed E-state index contributed by atoms with van der Waals surface area (Å²) in [5.41, 5.74) is 1.82. The lowest BCUT2D eigenvalue weighted by molar-refractivity contribution is -0.148. The van der Waals surface area contributed by atoms with Gasteiger partial charge in [-0.3, -0.25) is 4.79 Å². The van der Waals surface area contributed by atoms with E-state index in [-0.39, 0.29) is 12.1 Å². The first-order valence-electron chi connectivity index (χ1n) is 13.0. The molecule has 0 aromatic carbocycles. The molecule has 3 heteroatoms. The van der Waals surface area contributed by atoms with Crippen LogP contribution in [0.2, 0.25) is 0 Å². The highest BCUT2D eigenvalue weighted by molar-refractivity contribution is 5.66. The van der Waals surface area contributed by atoms with Crippen molar-refractivity contribution in [2.75, 3.05) is 0 Å². The molecule has 4 aliphatic carbocycles. The van der Waals surface area contributed by atoms with Gasteiger partial charge in [0.05, 0.1) is 5.60 Å². The van der Waals surface area contributed by atoms with Gasteiger partial charge >= 0.3 is 5.97 Å². The molecule has 3 saturated carbocycles. The highest BCUT2D eigenvalue weighted by atomic mass is 16.5. The van der Waals surface area contributed by atoms with Crippen molar-refractivity contribution in [3.8, 4) is 0 Å². The molecule has 0 spiro atoms. The Labute approximate surface area is 190 Å². The van der Waals surface area contributed by atoms with Crippen LogP contribution >= 0.6 is 0 Å². The predicted octanol–water partition coefficient (Wildman–Crippen LogP) is 6.68. The second kappa shape index (κ2) is 8.19. The highest BCUT2D eigenvalue weighted by Gasteiger charge is 2.59. The molecule has 0 heterocycles. The molecule has 0 radical (unpaired) electrons. The number of rotatable bonds is 5. The van der Waals surface area contributed by atoms with Gasteiger partial charge in [-0.1, -0.05) is 32.4 Å². The zero-order chi connectivity index (χ0) is 22.6. The van der Waals surface area contributed by atoms with E-state index in [0.717, 1.165) is 49.4 Å². The van der Waals surface area contributed by atoms with Crippen molar-refractivity contribution in [2.24, 2.45) is 40.4 Å². The number of hydrogen-bond acceptors (Lipinski definition) is 3. The number of allylic oxidation sites excluding steroid dienone is 1. The predicted molar refractivity (Wildman–Crippen MR) is 125 cm³/mol. The van der Waals surface area contributed by atoms with E-state index in [1.54, 1.807) is 12.5 Å². The molecule has 0 aromatic rings. The molecule has 4 aliphatic rings. The van der Waals surface area contributed by atoms with Crippen molar-refractivity contribution in [3.63, 3.8) is 0 Å². The lowest BCUT2D eigenvalue weighted by Crippen LogP contribution is -2.51. The van der Waals surface area contributed by atoms with Crippen LogP contribution < -0.4 is 0 Å². The first-order valence-corrected chi connectivity index (χ1v) is 13.0. The zero-order valence-corrected chi connectivity index (χ0v) is 20.9. The average molecular weight is 431 g/mol. The minimum Gasteiger partial charge on any atom is -0.462 e. The lowest BCUT2D eigenvalue weighted by atomic mass is 9.47. The molecule has 0 bridgehead atoms. The molecular formula is C28H46O3. The Balaban J connectivity index is 1.49. The second-order valence-electron chi connectivity index (χ2n) is 12.8. The average Bonchev–Trinajstić information content (AvgIpc) is 3.03. The van der Waals surface area contributed by atoms with Gasteiger partial charge in [0.2, 0.25) is 0 Å². The SMILES string of the molecule is CC(=O)OC1CCC2(C)C(=CCC3C2CCC2(C)C(C(C)CCC(C)(C)O)CCC32)C1. The Bertz CT molecular complexity index is 718. The minimum atomic E-state index is -0.547. The highest BCUT2D eigenvalue weighted by Crippen LogP contribution is 2.67. The Morgan fingerprint density at radius 3 is 2.61 bits per heavy atom. The summed E-state index contributed by atoms with van der Waals surface area (Å²) in [5.74, 6) is 3.84. The van der Waals surface area contributed by atoms with Gasteiger partial charge in [-0.15, -0.1) is 0 Å². The summed E-state index contributed by atoms with van der Waals surface area (Å²) in [6.07, 6.45) is 14.6. The first-order chi connectivity index (χ1) is 14.4. The van der Waals surface area contributed by atoms with E-state index in [9.17, 15) is 9.90 Å². The fourth-order valence-electron chi connectivity index (χ4n) is 8.72. The van der Waals surface area contributed by atoms with E-state index >= 15 is 0 Å². The van der Waals surface area contributed by atoms with Gasteiger partial charge in [-0.25, -0.2) is 0 Å². The lowest BCUT2D eigenvalue weighted by Gasteiger charge is -2.58. The van der Waals surface area contributed by atoms with Crippen molar-refractivity contribution in [2.45, 2.75) is 117 Å². The monoisotopic (exact) mass is 430 g/mol. The summed E-state index contributed by atoms with van der Waals surface area (Å²) in [6.45, 7) is 13.0. The normalized spacial score (nSPS) is 43.3. The van der Waals surface area contributed by atoms with Gasteiger partial charge in [0.25, 0.3) is 0 Å². The summed E-state index contributed by atoms with van der Waals surface area (Å²) in [4.78, 5) is 11.5. The van der Waals surface area contributed by atoms with Gasteiger partial charge in [0.15, 0.2) is 0 Å². The third-order valence-electron chi connectivity index (χ3n) is 10.4. The summed E-state index contributed by atoms with van der Waals surface area (Å²) in [5, 5.41) is 10.2. The van der Waals surface area contributed by atoms with Crippen LogP contribution in [-0.4, -0.2) is 22.8 Å². The molecule has 1 N–H and O–H groups in total. The molecule has 8 unspecified atom stereocenters. The molecule has 176 valence electrons. The molecule has 0 aromatic heterocycles. The largest absolute Gasteiger partial charge is 0.462 e. The van der Waals surface area contributed by atoms with Crippen LogP contribution in [0.1, 0.15) is 106 Å². The van der Waals surface area contributed by atoms with Gasteiger partial charge < -0.3 is 9.84 Å². The maximum atomic E-state index is 11.5. The van der Waals surface area contributed by atoms with E-state index < -0.39 is 5.60 Å². The van der Waals surface area contributed by atoms with Crippen LogP contribution in [0.3, 0.4) is 0 Å². The van der Waals surface area contributed by atoms with Crippen molar-refractivity contribution in [1.29, 1.82) is 0 Å². The van der Waals surface area contributed by atoms with Crippen LogP contribution in [0.4, 0.5) is 0 Å². The van der Waals surface area contributed by atoms with Crippen LogP contribution in [0.15, 0.2) is 11.6 Å². The van der Waals surface area contributed by atoms with Gasteiger partial charge in [0.1, 0.15) is 6.10 Å². The van der Waals surface area contributed by atoms with Crippen LogP contribution in [0, 0.1) is 40.4 Å². The summed E-state index contributed by atoms with van der Waals surface area (Å²) >= 11 is 0. The summed E-state index contributed by atoms with van der Waals surface area (Å²) < 4.78 is 5.60. The van der Waals surface area contributed by atoms with E-state index in [1.807, 2.05) is 13.8 Å². The van der Waals surface area contributed by atoms with Crippen molar-refractivity contribution in [3.05, 3.63) is 11.6 Å². The van der Waals surface area contributed by atoms with Crippen LogP contribution in [-0.2, 0) is 9.53 Å². The van der Waals surface area contributed by atoms with Crippen LogP contribution in [0.5, 0.6) is 0 Å². The molecule has 3 nitrogen and oxygen atoms in total. The molecule has 0 aliphatic heterocycles. The maximum Gasteiger partial charge on any atom is 0.302 e. The number of esters is 1. The minimum absolute atomic E-state index is 0.0923. The number of aliphatic hydroxyl groups is 1. The van der Waals surface area contributed by atoms with E-state index in [4.69, 9.17) is 4.74 Å². The molecule has 8 atom stereocenters. The number of fused-ring (bicyclic) bond motifs is 5. The smallest absolute Gasteiger partial charge is 0.302 e. The Morgan fingerprint density at radius 1 is 1.19 bits per heavy atom. The first kappa shape index (κ1) is 23.3. The van der Waals surface area contributed by atoms with Gasteiger partial charge in [-0.2, -0.15) is 0 Å². The molecule has 31 heavy (non-hydrogen) atoms. The number of carbonyl (C=O) groups excluding carboxylic acids is 1. The Kier molecular flexibility index (Phi) is 6.16. The Hall–Kier alpha value is -0.830. The van der Waals surface area contributed by atoms with Crippen LogP contribution in [0.25, 0.3) is 0 Å². The van der Waals surface area contributed by atoms with Gasteiger partial charge in [0, 0.05) is 13.3 Å². The summed E-state index contributed by atoms with van der Waals surface area (Å²) in [6, 6.07) is 0. The fourth-order valence-corrected chi connectivity index (χ4v) is 8.72. The molecule has 3 fully saturated rings. The molecular weight excluding hydrogens is 384 g/mol. The topological polar surface area (TPSA) is 46.5 Å². The second-order valence-corrected chi connectivity index (χ2v) is 12.8. The summed E-state index contributed by atoms with van der Waals surface area (Å²) in [7, 11) is 0. The number of hydrogen-bond donors (Lipinski definition) is 1. The van der Waals surface area contributed by atoms with Gasteiger partial charge in [-0.05, 0) is 112 Å². The number of carbonyl (C=O) groups is 1. The zero-order valence-electron chi connectivity index (χ0n) is 20.9. The standard InChI is InChI=1S/C28H46O3/c1-18(11-14-26(3,4)30)23-9-10-24-22-8-7-20-17-21(31-19(2)29)12-15-27(20,5)25(22)13-16-28(23,24)6/h7,18,21-25,30H,8-17H2,1-6H3. The third-order valence-corrected chi connectivity index (χ3v) is 10.4. The van der Waals surface area contributed by atoms with E-state index in [0.29, 0.717) is 16.7 Å². The molecule has 0 saturated heterocycles. The third kappa shape index (κ3) is 4.25. The van der Waals surface area contributed by atoms with Crippen molar-refractivity contribution < 1.29 is 14.6 Å². The molecule has 0 amide bonds. The van der Waals surface area contributed by atoms with E-state index in [2.05, 4.69) is 26.8 Å². The van der Waals surface area contributed by atoms with E-state index in [1.165, 1.54) is 38.5 Å².